The highest BCUT2D eigenvalue weighted by atomic mass is 19.1. The lowest BCUT2D eigenvalue weighted by molar-refractivity contribution is -0.137. The van der Waals surface area contributed by atoms with Gasteiger partial charge in [-0.25, -0.2) is 9.18 Å². The van der Waals surface area contributed by atoms with Crippen LogP contribution in [0.5, 0.6) is 0 Å². The average molecular weight is 477 g/mol. The summed E-state index contributed by atoms with van der Waals surface area (Å²) in [5.74, 6) is -2.88. The van der Waals surface area contributed by atoms with Crippen LogP contribution < -0.4 is 5.32 Å². The standard InChI is InChI=1S/C27H25FN2O5/c1-2-13-30(15-25(31)32)26(33)22-14-17(11-12-24(22)28)29-27(34)35-16-23-20-9-5-3-7-18(20)19-8-4-6-10-21(19)23/h3-12,14,23H,2,13,15-16H2,1H3,(H,29,34)(H,31,32). The molecule has 2 N–H and O–H groups in total. The summed E-state index contributed by atoms with van der Waals surface area (Å²) < 4.78 is 19.9. The summed E-state index contributed by atoms with van der Waals surface area (Å²) in [6.07, 6.45) is -0.231. The minimum absolute atomic E-state index is 0.107. The lowest BCUT2D eigenvalue weighted by Gasteiger charge is -2.20. The van der Waals surface area contributed by atoms with E-state index in [0.717, 1.165) is 33.2 Å². The van der Waals surface area contributed by atoms with Crippen molar-refractivity contribution in [2.75, 3.05) is 25.0 Å². The van der Waals surface area contributed by atoms with Gasteiger partial charge in [0.1, 0.15) is 19.0 Å². The maximum atomic E-state index is 14.4. The molecule has 1 aliphatic rings. The molecule has 7 nitrogen and oxygen atoms in total. The monoisotopic (exact) mass is 476 g/mol. The maximum Gasteiger partial charge on any atom is 0.411 e. The number of benzene rings is 3. The Hall–Kier alpha value is -4.20. The molecule has 35 heavy (non-hydrogen) atoms. The van der Waals surface area contributed by atoms with E-state index in [1.165, 1.54) is 12.1 Å². The second kappa shape index (κ2) is 10.4. The Bertz CT molecular complexity index is 1230. The summed E-state index contributed by atoms with van der Waals surface area (Å²) >= 11 is 0. The number of ether oxygens (including phenoxy) is 1. The van der Waals surface area contributed by atoms with E-state index < -0.39 is 30.3 Å². The van der Waals surface area contributed by atoms with Crippen LogP contribution >= 0.6 is 0 Å². The molecule has 0 saturated heterocycles. The van der Waals surface area contributed by atoms with E-state index in [9.17, 15) is 18.8 Å². The number of amides is 2. The molecule has 0 saturated carbocycles. The number of nitrogens with zero attached hydrogens (tertiary/aromatic N) is 1. The van der Waals surface area contributed by atoms with Gasteiger partial charge in [-0.1, -0.05) is 55.5 Å². The highest BCUT2D eigenvalue weighted by molar-refractivity contribution is 5.98. The van der Waals surface area contributed by atoms with Gasteiger partial charge in [0.2, 0.25) is 0 Å². The molecule has 3 aromatic rings. The Balaban J connectivity index is 1.46. The molecule has 0 bridgehead atoms. The van der Waals surface area contributed by atoms with Crippen molar-refractivity contribution in [3.05, 3.63) is 89.2 Å². The summed E-state index contributed by atoms with van der Waals surface area (Å²) in [7, 11) is 0. The topological polar surface area (TPSA) is 95.9 Å². The fourth-order valence-corrected chi connectivity index (χ4v) is 4.38. The zero-order valence-electron chi connectivity index (χ0n) is 19.2. The quantitative estimate of drug-likeness (QED) is 0.470. The van der Waals surface area contributed by atoms with Gasteiger partial charge < -0.3 is 14.7 Å². The molecular formula is C27H25FN2O5. The van der Waals surface area contributed by atoms with E-state index in [2.05, 4.69) is 5.32 Å². The molecule has 180 valence electrons. The Morgan fingerprint density at radius 3 is 2.23 bits per heavy atom. The van der Waals surface area contributed by atoms with Crippen LogP contribution in [-0.4, -0.2) is 47.7 Å². The van der Waals surface area contributed by atoms with E-state index >= 15 is 0 Å². The number of hydrogen-bond acceptors (Lipinski definition) is 4. The molecule has 0 heterocycles. The van der Waals surface area contributed by atoms with Crippen molar-refractivity contribution in [2.45, 2.75) is 19.3 Å². The van der Waals surface area contributed by atoms with Gasteiger partial charge >= 0.3 is 12.1 Å². The van der Waals surface area contributed by atoms with E-state index in [1.807, 2.05) is 48.5 Å². The van der Waals surface area contributed by atoms with Crippen molar-refractivity contribution in [3.63, 3.8) is 0 Å². The first-order valence-corrected chi connectivity index (χ1v) is 11.3. The number of anilines is 1. The van der Waals surface area contributed by atoms with E-state index in [-0.39, 0.29) is 30.3 Å². The number of carboxylic acid groups (broad SMARTS) is 1. The van der Waals surface area contributed by atoms with Crippen LogP contribution in [0.15, 0.2) is 66.7 Å². The van der Waals surface area contributed by atoms with Crippen LogP contribution in [0.25, 0.3) is 11.1 Å². The summed E-state index contributed by atoms with van der Waals surface area (Å²) in [4.78, 5) is 37.4. The third-order valence-corrected chi connectivity index (χ3v) is 5.89. The number of nitrogens with one attached hydrogen (secondary N) is 1. The first-order chi connectivity index (χ1) is 16.9. The molecule has 0 radical (unpaired) electrons. The third kappa shape index (κ3) is 5.16. The second-order valence-electron chi connectivity index (χ2n) is 8.27. The van der Waals surface area contributed by atoms with Gasteiger partial charge in [0.25, 0.3) is 5.91 Å². The van der Waals surface area contributed by atoms with Crippen LogP contribution in [0.1, 0.15) is 40.7 Å². The van der Waals surface area contributed by atoms with Gasteiger partial charge in [-0.3, -0.25) is 14.9 Å². The van der Waals surface area contributed by atoms with Crippen LogP contribution in [0.2, 0.25) is 0 Å². The summed E-state index contributed by atoms with van der Waals surface area (Å²) in [6, 6.07) is 19.5. The minimum Gasteiger partial charge on any atom is -0.480 e. The Morgan fingerprint density at radius 1 is 1.00 bits per heavy atom. The molecule has 8 heteroatoms. The molecule has 0 aromatic heterocycles. The summed E-state index contributed by atoms with van der Waals surface area (Å²) in [5.41, 5.74) is 4.21. The zero-order valence-corrected chi connectivity index (χ0v) is 19.2. The molecule has 0 aliphatic heterocycles. The summed E-state index contributed by atoms with van der Waals surface area (Å²) in [5, 5.41) is 11.6. The molecule has 3 aromatic carbocycles. The van der Waals surface area contributed by atoms with Gasteiger partial charge in [0.15, 0.2) is 0 Å². The average Bonchev–Trinajstić information content (AvgIpc) is 3.17. The Kier molecular flexibility index (Phi) is 7.10. The number of carbonyl (C=O) groups is 3. The van der Waals surface area contributed by atoms with Crippen molar-refractivity contribution in [2.24, 2.45) is 0 Å². The van der Waals surface area contributed by atoms with Crippen molar-refractivity contribution < 1.29 is 28.6 Å². The number of aliphatic carboxylic acids is 1. The number of hydrogen-bond donors (Lipinski definition) is 2. The van der Waals surface area contributed by atoms with Gasteiger partial charge in [-0.15, -0.1) is 0 Å². The second-order valence-corrected chi connectivity index (χ2v) is 8.27. The van der Waals surface area contributed by atoms with E-state index in [1.54, 1.807) is 6.92 Å². The predicted octanol–water partition coefficient (Wildman–Crippen LogP) is 5.12. The van der Waals surface area contributed by atoms with Crippen molar-refractivity contribution in [1.82, 2.24) is 4.90 Å². The zero-order chi connectivity index (χ0) is 24.9. The minimum atomic E-state index is -1.19. The normalized spacial score (nSPS) is 11.9. The predicted molar refractivity (Wildman–Crippen MR) is 129 cm³/mol. The summed E-state index contributed by atoms with van der Waals surface area (Å²) in [6.45, 7) is 1.51. The van der Waals surface area contributed by atoms with Crippen LogP contribution in [0, 0.1) is 5.82 Å². The van der Waals surface area contributed by atoms with Crippen LogP contribution in [0.4, 0.5) is 14.9 Å². The smallest absolute Gasteiger partial charge is 0.411 e. The molecule has 0 unspecified atom stereocenters. The first-order valence-electron chi connectivity index (χ1n) is 11.3. The number of halogens is 1. The third-order valence-electron chi connectivity index (χ3n) is 5.89. The molecule has 4 rings (SSSR count). The molecule has 0 spiro atoms. The number of carbonyl (C=O) groups excluding carboxylic acids is 2. The van der Waals surface area contributed by atoms with Gasteiger partial charge in [0, 0.05) is 18.2 Å². The van der Waals surface area contributed by atoms with Gasteiger partial charge in [-0.2, -0.15) is 0 Å². The van der Waals surface area contributed by atoms with Crippen LogP contribution in [-0.2, 0) is 9.53 Å². The van der Waals surface area contributed by atoms with Crippen molar-refractivity contribution >= 4 is 23.7 Å². The molecule has 2 amide bonds. The van der Waals surface area contributed by atoms with E-state index in [4.69, 9.17) is 9.84 Å². The molecular weight excluding hydrogens is 451 g/mol. The lowest BCUT2D eigenvalue weighted by Crippen LogP contribution is -2.36. The number of carboxylic acids is 1. The Morgan fingerprint density at radius 2 is 1.63 bits per heavy atom. The van der Waals surface area contributed by atoms with Crippen molar-refractivity contribution in [1.29, 1.82) is 0 Å². The Labute approximate surface area is 202 Å². The fraction of sp³-hybridized carbons (Fsp3) is 0.222. The first kappa shape index (κ1) is 23.9. The molecule has 0 atom stereocenters. The van der Waals surface area contributed by atoms with Crippen LogP contribution in [0.3, 0.4) is 0 Å². The maximum absolute atomic E-state index is 14.4. The lowest BCUT2D eigenvalue weighted by atomic mass is 9.98. The van der Waals surface area contributed by atoms with Crippen molar-refractivity contribution in [3.8, 4) is 11.1 Å². The van der Waals surface area contributed by atoms with E-state index in [0.29, 0.717) is 6.42 Å². The number of rotatable bonds is 8. The molecule has 0 fully saturated rings. The molecule has 1 aliphatic carbocycles. The highest BCUT2D eigenvalue weighted by Gasteiger charge is 2.29. The number of fused-ring (bicyclic) bond motifs is 3. The fourth-order valence-electron chi connectivity index (χ4n) is 4.38. The largest absolute Gasteiger partial charge is 0.480 e. The SMILES string of the molecule is CCCN(CC(=O)O)C(=O)c1cc(NC(=O)OCC2c3ccccc3-c3ccccc32)ccc1F. The van der Waals surface area contributed by atoms with Gasteiger partial charge in [0.05, 0.1) is 5.56 Å². The highest BCUT2D eigenvalue weighted by Crippen LogP contribution is 2.44. The van der Waals surface area contributed by atoms with Gasteiger partial charge in [-0.05, 0) is 46.9 Å².